The monoisotopic (exact) mass is 391 g/mol. The Balaban J connectivity index is 2.54. The molecular formula is C21H33N3O4. The Bertz CT molecular complexity index is 680. The number of hydrogen-bond acceptors (Lipinski definition) is 4. The molecule has 3 amide bonds. The van der Waals surface area contributed by atoms with Crippen LogP contribution in [-0.2, 0) is 9.53 Å². The van der Waals surface area contributed by atoms with Crippen LogP contribution in [0.25, 0.3) is 0 Å². The van der Waals surface area contributed by atoms with Gasteiger partial charge in [0, 0.05) is 18.2 Å². The zero-order valence-electron chi connectivity index (χ0n) is 17.7. The molecular weight excluding hydrogens is 358 g/mol. The van der Waals surface area contributed by atoms with Gasteiger partial charge >= 0.3 is 6.09 Å². The number of amides is 3. The molecule has 0 bridgehead atoms. The number of hydrogen-bond donors (Lipinski definition) is 3. The van der Waals surface area contributed by atoms with E-state index in [1.807, 2.05) is 32.9 Å². The van der Waals surface area contributed by atoms with Crippen molar-refractivity contribution in [1.82, 2.24) is 16.0 Å². The number of carbonyl (C=O) groups excluding carboxylic acids is 3. The number of nitrogens with one attached hydrogen (secondary N) is 3. The van der Waals surface area contributed by atoms with E-state index in [1.54, 1.807) is 32.9 Å². The van der Waals surface area contributed by atoms with Gasteiger partial charge in [-0.2, -0.15) is 0 Å². The lowest BCUT2D eigenvalue weighted by Gasteiger charge is -2.23. The first-order valence-electron chi connectivity index (χ1n) is 9.58. The van der Waals surface area contributed by atoms with E-state index in [-0.39, 0.29) is 30.9 Å². The summed E-state index contributed by atoms with van der Waals surface area (Å²) in [5.41, 5.74) is 0.807. The second kappa shape index (κ2) is 10.7. The Labute approximate surface area is 167 Å². The second-order valence-corrected chi connectivity index (χ2v) is 8.27. The third kappa shape index (κ3) is 9.39. The van der Waals surface area contributed by atoms with Crippen LogP contribution < -0.4 is 16.0 Å². The highest BCUT2D eigenvalue weighted by molar-refractivity contribution is 5.97. The number of ether oxygens (including phenoxy) is 1. The van der Waals surface area contributed by atoms with Gasteiger partial charge < -0.3 is 20.7 Å². The SMILES string of the molecule is Cc1ccccc1C(=O)NCC(=O)NC(CNC(=O)OC(C)(C)C)CC(C)C. The molecule has 0 aliphatic carbocycles. The third-order valence-corrected chi connectivity index (χ3v) is 3.81. The number of aryl methyl sites for hydroxylation is 1. The molecule has 1 aromatic rings. The standard InChI is InChI=1S/C21H33N3O4/c1-14(2)11-16(12-23-20(27)28-21(4,5)6)24-18(25)13-22-19(26)17-10-8-7-9-15(17)3/h7-10,14,16H,11-13H2,1-6H3,(H,22,26)(H,23,27)(H,24,25). The average molecular weight is 392 g/mol. The van der Waals surface area contributed by atoms with Gasteiger partial charge in [0.05, 0.1) is 6.54 Å². The van der Waals surface area contributed by atoms with E-state index in [9.17, 15) is 14.4 Å². The van der Waals surface area contributed by atoms with Crippen LogP contribution in [0.5, 0.6) is 0 Å². The Morgan fingerprint density at radius 2 is 1.71 bits per heavy atom. The topological polar surface area (TPSA) is 96.5 Å². The lowest BCUT2D eigenvalue weighted by atomic mass is 10.0. The fourth-order valence-corrected chi connectivity index (χ4v) is 2.65. The summed E-state index contributed by atoms with van der Waals surface area (Å²) in [5, 5.41) is 8.18. The van der Waals surface area contributed by atoms with Crippen molar-refractivity contribution >= 4 is 17.9 Å². The zero-order chi connectivity index (χ0) is 21.3. The molecule has 0 spiro atoms. The highest BCUT2D eigenvalue weighted by Gasteiger charge is 2.19. The number of benzene rings is 1. The van der Waals surface area contributed by atoms with Crippen LogP contribution >= 0.6 is 0 Å². The van der Waals surface area contributed by atoms with E-state index in [1.165, 1.54) is 0 Å². The van der Waals surface area contributed by atoms with E-state index in [0.717, 1.165) is 5.56 Å². The van der Waals surface area contributed by atoms with E-state index in [4.69, 9.17) is 4.74 Å². The van der Waals surface area contributed by atoms with Gasteiger partial charge in [0.15, 0.2) is 0 Å². The number of carbonyl (C=O) groups is 3. The lowest BCUT2D eigenvalue weighted by Crippen LogP contribution is -2.48. The van der Waals surface area contributed by atoms with Crippen LogP contribution in [0.1, 0.15) is 57.0 Å². The minimum absolute atomic E-state index is 0.131. The first-order valence-corrected chi connectivity index (χ1v) is 9.58. The molecule has 0 radical (unpaired) electrons. The quantitative estimate of drug-likeness (QED) is 0.635. The minimum Gasteiger partial charge on any atom is -0.444 e. The van der Waals surface area contributed by atoms with Gasteiger partial charge in [0.1, 0.15) is 5.60 Å². The van der Waals surface area contributed by atoms with Crippen LogP contribution in [-0.4, -0.2) is 42.6 Å². The first-order chi connectivity index (χ1) is 13.0. The fraction of sp³-hybridized carbons (Fsp3) is 0.571. The molecule has 156 valence electrons. The van der Waals surface area contributed by atoms with Crippen molar-refractivity contribution < 1.29 is 19.1 Å². The summed E-state index contributed by atoms with van der Waals surface area (Å²) in [6, 6.07) is 6.94. The van der Waals surface area contributed by atoms with Gasteiger partial charge in [-0.15, -0.1) is 0 Å². The smallest absolute Gasteiger partial charge is 0.407 e. The maximum absolute atomic E-state index is 12.3. The molecule has 7 nitrogen and oxygen atoms in total. The van der Waals surface area contributed by atoms with Crippen LogP contribution in [0.3, 0.4) is 0 Å². The molecule has 1 unspecified atom stereocenters. The highest BCUT2D eigenvalue weighted by Crippen LogP contribution is 2.08. The Hall–Kier alpha value is -2.57. The molecule has 1 atom stereocenters. The van der Waals surface area contributed by atoms with Crippen LogP contribution in [0.4, 0.5) is 4.79 Å². The van der Waals surface area contributed by atoms with E-state index in [0.29, 0.717) is 17.9 Å². The predicted octanol–water partition coefficient (Wildman–Crippen LogP) is 2.78. The number of alkyl carbamates (subject to hydrolysis) is 1. The van der Waals surface area contributed by atoms with Gasteiger partial charge in [-0.3, -0.25) is 9.59 Å². The Morgan fingerprint density at radius 1 is 1.07 bits per heavy atom. The molecule has 28 heavy (non-hydrogen) atoms. The first kappa shape index (κ1) is 23.5. The Morgan fingerprint density at radius 3 is 2.29 bits per heavy atom. The summed E-state index contributed by atoms with van der Waals surface area (Å²) in [6.07, 6.45) is 0.163. The highest BCUT2D eigenvalue weighted by atomic mass is 16.6. The lowest BCUT2D eigenvalue weighted by molar-refractivity contribution is -0.120. The van der Waals surface area contributed by atoms with Gasteiger partial charge in [0.25, 0.3) is 5.91 Å². The Kier molecular flexibility index (Phi) is 8.96. The summed E-state index contributed by atoms with van der Waals surface area (Å²) >= 11 is 0. The van der Waals surface area contributed by atoms with Crippen molar-refractivity contribution in [1.29, 1.82) is 0 Å². The molecule has 0 aliphatic heterocycles. The molecule has 1 rings (SSSR count). The van der Waals surface area contributed by atoms with Crippen molar-refractivity contribution in [3.8, 4) is 0 Å². The normalized spacial score (nSPS) is 12.2. The summed E-state index contributed by atoms with van der Waals surface area (Å²) < 4.78 is 5.22. The average Bonchev–Trinajstić information content (AvgIpc) is 2.56. The summed E-state index contributed by atoms with van der Waals surface area (Å²) in [4.78, 5) is 36.3. The number of rotatable bonds is 8. The molecule has 0 saturated carbocycles. The molecule has 7 heteroatoms. The minimum atomic E-state index is -0.583. The maximum Gasteiger partial charge on any atom is 0.407 e. The summed E-state index contributed by atoms with van der Waals surface area (Å²) in [6.45, 7) is 11.4. The van der Waals surface area contributed by atoms with Crippen LogP contribution in [0.15, 0.2) is 24.3 Å². The summed E-state index contributed by atoms with van der Waals surface area (Å²) in [5.74, 6) is -0.272. The molecule has 0 aromatic heterocycles. The summed E-state index contributed by atoms with van der Waals surface area (Å²) in [7, 11) is 0. The zero-order valence-corrected chi connectivity index (χ0v) is 17.7. The van der Waals surface area contributed by atoms with Crippen molar-refractivity contribution in [2.75, 3.05) is 13.1 Å². The van der Waals surface area contributed by atoms with Crippen LogP contribution in [0.2, 0.25) is 0 Å². The molecule has 0 aliphatic rings. The molecule has 3 N–H and O–H groups in total. The third-order valence-electron chi connectivity index (χ3n) is 3.81. The van der Waals surface area contributed by atoms with Crippen LogP contribution in [0, 0.1) is 12.8 Å². The molecule has 1 aromatic carbocycles. The second-order valence-electron chi connectivity index (χ2n) is 8.27. The fourth-order valence-electron chi connectivity index (χ4n) is 2.65. The largest absolute Gasteiger partial charge is 0.444 e. The molecule has 0 fully saturated rings. The predicted molar refractivity (Wildman–Crippen MR) is 109 cm³/mol. The van der Waals surface area contributed by atoms with Crippen molar-refractivity contribution in [2.24, 2.45) is 5.92 Å². The van der Waals surface area contributed by atoms with Gasteiger partial charge in [-0.05, 0) is 51.7 Å². The molecule has 0 heterocycles. The van der Waals surface area contributed by atoms with E-state index in [2.05, 4.69) is 16.0 Å². The van der Waals surface area contributed by atoms with Gasteiger partial charge in [0.2, 0.25) is 5.91 Å². The maximum atomic E-state index is 12.3. The van der Waals surface area contributed by atoms with E-state index < -0.39 is 11.7 Å². The molecule has 0 saturated heterocycles. The van der Waals surface area contributed by atoms with Crippen molar-refractivity contribution in [2.45, 2.75) is 59.6 Å². The van der Waals surface area contributed by atoms with E-state index >= 15 is 0 Å². The van der Waals surface area contributed by atoms with Crippen molar-refractivity contribution in [3.63, 3.8) is 0 Å². The van der Waals surface area contributed by atoms with Gasteiger partial charge in [-0.1, -0.05) is 32.0 Å². The van der Waals surface area contributed by atoms with Crippen molar-refractivity contribution in [3.05, 3.63) is 35.4 Å². The van der Waals surface area contributed by atoms with Gasteiger partial charge in [-0.25, -0.2) is 4.79 Å².